The van der Waals surface area contributed by atoms with E-state index in [2.05, 4.69) is 47.5 Å². The lowest BCUT2D eigenvalue weighted by Gasteiger charge is -2.29. The summed E-state index contributed by atoms with van der Waals surface area (Å²) in [5.74, 6) is -3.78. The molecule has 0 unspecified atom stereocenters. The number of hydrogen-bond acceptors (Lipinski definition) is 13. The molecule has 0 bridgehead atoms. The highest BCUT2D eigenvalue weighted by Gasteiger charge is 2.42. The number of fused-ring (bicyclic) bond motifs is 1. The maximum absolute atomic E-state index is 14.3. The fourth-order valence-corrected chi connectivity index (χ4v) is 9.46. The van der Waals surface area contributed by atoms with Gasteiger partial charge in [-0.25, -0.2) is 14.4 Å². The second kappa shape index (κ2) is 33.0. The molecule has 0 radical (unpaired) electrons. The first-order valence-corrected chi connectivity index (χ1v) is 27.2. The molecule has 25 heteroatoms. The molecule has 430 valence electrons. The SMILES string of the molecule is CC(C)[C@H](NC(=O)[C@H](CC(=O)OC(C)(C)C)NC(=O)[C@H](CCCCNC(=O)CCCCCNC(=O)CCCC[C@@H]1SC[C@@H]2NC(=O)N[C@@H]21)NC(=O)[C@H](CCC[NH+]=C(N)N)NC(=O)OC(C)(C)C)C(=O)OC(C)(C)C.[Cl-]. The Morgan fingerprint density at radius 3 is 1.73 bits per heavy atom. The molecule has 2 heterocycles. The third-order valence-corrected chi connectivity index (χ3v) is 12.9. The Hall–Kier alpha value is -5.26. The lowest BCUT2D eigenvalue weighted by molar-refractivity contribution is -0.459. The van der Waals surface area contributed by atoms with Crippen molar-refractivity contribution in [1.29, 1.82) is 0 Å². The predicted molar refractivity (Wildman–Crippen MR) is 281 cm³/mol. The largest absolute Gasteiger partial charge is 1.00 e. The van der Waals surface area contributed by atoms with Crippen LogP contribution in [0.25, 0.3) is 0 Å². The second-order valence-corrected chi connectivity index (χ2v) is 23.5. The van der Waals surface area contributed by atoms with Crippen LogP contribution in [0.1, 0.15) is 166 Å². The number of rotatable bonds is 31. The highest BCUT2D eigenvalue weighted by Crippen LogP contribution is 2.33. The van der Waals surface area contributed by atoms with Gasteiger partial charge in [-0.2, -0.15) is 11.8 Å². The Kier molecular flexibility index (Phi) is 29.8. The van der Waals surface area contributed by atoms with Crippen molar-refractivity contribution in [3.63, 3.8) is 0 Å². The number of alkyl carbamates (subject to hydrolysis) is 1. The first kappa shape index (κ1) is 67.8. The Labute approximate surface area is 454 Å². The number of urea groups is 1. The van der Waals surface area contributed by atoms with Gasteiger partial charge >= 0.3 is 30.0 Å². The summed E-state index contributed by atoms with van der Waals surface area (Å²) in [6.45, 7) is 19.4. The Bertz CT molecular complexity index is 1920. The number of nitrogens with two attached hydrogens (primary N) is 2. The van der Waals surface area contributed by atoms with E-state index in [0.29, 0.717) is 43.9 Å². The summed E-state index contributed by atoms with van der Waals surface area (Å²) in [4.78, 5) is 121. The molecular weight excluding hydrogens is 1010 g/mol. The van der Waals surface area contributed by atoms with Gasteiger partial charge in [0.15, 0.2) is 0 Å². The first-order chi connectivity index (χ1) is 34.4. The maximum Gasteiger partial charge on any atom is 0.408 e. The van der Waals surface area contributed by atoms with Gasteiger partial charge in [0.1, 0.15) is 41.0 Å². The number of thioether (sulfide) groups is 1. The lowest BCUT2D eigenvalue weighted by atomic mass is 10.0. The zero-order valence-corrected chi connectivity index (χ0v) is 47.8. The fourth-order valence-electron chi connectivity index (χ4n) is 7.91. The van der Waals surface area contributed by atoms with Crippen molar-refractivity contribution in [2.45, 2.75) is 224 Å². The minimum Gasteiger partial charge on any atom is -1.00 e. The van der Waals surface area contributed by atoms with Gasteiger partial charge in [-0.05, 0) is 126 Å². The molecule has 2 fully saturated rings. The number of guanidine groups is 1. The number of nitrogens with one attached hydrogen (secondary N) is 9. The molecule has 75 heavy (non-hydrogen) atoms. The summed E-state index contributed by atoms with van der Waals surface area (Å²) in [6.07, 6.45) is 4.95. The number of carbonyl (C=O) groups excluding carboxylic acids is 9. The Morgan fingerprint density at radius 1 is 0.653 bits per heavy atom. The molecule has 2 rings (SSSR count). The third kappa shape index (κ3) is 29.6. The van der Waals surface area contributed by atoms with Gasteiger partial charge in [-0.15, -0.1) is 0 Å². The average Bonchev–Trinajstić information content (AvgIpc) is 3.82. The van der Waals surface area contributed by atoms with E-state index in [1.165, 1.54) is 0 Å². The van der Waals surface area contributed by atoms with Gasteiger partial charge in [0, 0.05) is 36.9 Å². The molecule has 0 saturated carbocycles. The van der Waals surface area contributed by atoms with Gasteiger partial charge in [-0.1, -0.05) is 26.7 Å². The van der Waals surface area contributed by atoms with Crippen molar-refractivity contribution < 1.29 is 74.8 Å². The van der Waals surface area contributed by atoms with Crippen LogP contribution in [0, 0.1) is 5.92 Å². The number of halogens is 1. The maximum atomic E-state index is 14.3. The first-order valence-electron chi connectivity index (χ1n) is 26.1. The molecule has 2 aliphatic rings. The van der Waals surface area contributed by atoms with E-state index in [1.807, 2.05) is 11.8 Å². The van der Waals surface area contributed by atoms with Crippen molar-refractivity contribution in [2.24, 2.45) is 17.4 Å². The van der Waals surface area contributed by atoms with E-state index in [4.69, 9.17) is 25.7 Å². The number of unbranched alkanes of at least 4 members (excludes halogenated alkanes) is 4. The standard InChI is InChI=1S/C50H89N11O12S.ClH/c1-30(2)39(44(68)72-49(6,7)8)60-43(67)33(28-38(64)71-48(3,4)5)57-41(65)31(56-42(66)32(21-19-27-55-45(51)52)59-47(70)73-50(9,10)11)20-16-18-26-54-36(62)23-13-12-17-25-53-37(63)24-15-14-22-35-40-34(29-74-35)58-46(69)61-40;/h30-35,39-40H,12-29H2,1-11H3,(H,53,63)(H,54,62)(H,56,66)(H,57,65)(H,59,70)(H,60,67)(H4,51,52,55)(H2,58,61,69);1H/t31-,32-,33-,34-,35-,39-,40-;/m0./s1. The van der Waals surface area contributed by atoms with E-state index >= 15 is 0 Å². The zero-order chi connectivity index (χ0) is 55.8. The highest BCUT2D eigenvalue weighted by molar-refractivity contribution is 8.00. The van der Waals surface area contributed by atoms with Crippen LogP contribution in [0.5, 0.6) is 0 Å². The summed E-state index contributed by atoms with van der Waals surface area (Å²) >= 11 is 1.86. The van der Waals surface area contributed by atoms with Gasteiger partial charge in [0.25, 0.3) is 0 Å². The molecule has 0 aromatic heterocycles. The van der Waals surface area contributed by atoms with Gasteiger partial charge < -0.3 is 69.2 Å². The minimum atomic E-state index is -1.57. The second-order valence-electron chi connectivity index (χ2n) is 22.3. The minimum absolute atomic E-state index is 0. The van der Waals surface area contributed by atoms with Crippen LogP contribution < -0.4 is 71.4 Å². The fraction of sp³-hybridized carbons (Fsp3) is 0.800. The van der Waals surface area contributed by atoms with Crippen LogP contribution in [0.2, 0.25) is 0 Å². The van der Waals surface area contributed by atoms with Crippen molar-refractivity contribution in [1.82, 2.24) is 42.5 Å². The van der Waals surface area contributed by atoms with E-state index in [-0.39, 0.29) is 80.6 Å². The smallest absolute Gasteiger partial charge is 0.408 e. The Balaban J connectivity index is 0.0000281. The van der Waals surface area contributed by atoms with Crippen molar-refractivity contribution >= 4 is 71.3 Å². The summed E-state index contributed by atoms with van der Waals surface area (Å²) in [5, 5.41) is 22.6. The normalized spacial score (nSPS) is 17.7. The van der Waals surface area contributed by atoms with Crippen LogP contribution in [0.15, 0.2) is 0 Å². The summed E-state index contributed by atoms with van der Waals surface area (Å²) in [6, 6.07) is -5.02. The third-order valence-electron chi connectivity index (χ3n) is 11.4. The Morgan fingerprint density at radius 2 is 1.17 bits per heavy atom. The zero-order valence-electron chi connectivity index (χ0n) is 46.2. The van der Waals surface area contributed by atoms with E-state index in [1.54, 1.807) is 76.2 Å². The monoisotopic (exact) mass is 1100 g/mol. The number of esters is 2. The average molecular weight is 1100 g/mol. The van der Waals surface area contributed by atoms with Crippen LogP contribution >= 0.6 is 11.8 Å². The molecule has 0 aromatic carbocycles. The van der Waals surface area contributed by atoms with Crippen molar-refractivity contribution in [3.05, 3.63) is 0 Å². The number of hydrogen-bond donors (Lipinski definition) is 11. The van der Waals surface area contributed by atoms with Gasteiger partial charge in [0.05, 0.1) is 25.0 Å². The summed E-state index contributed by atoms with van der Waals surface area (Å²) < 4.78 is 16.4. The molecule has 2 aliphatic heterocycles. The number of ether oxygens (including phenoxy) is 3. The molecule has 13 N–H and O–H groups in total. The molecule has 23 nitrogen and oxygen atoms in total. The number of amides is 8. The summed E-state index contributed by atoms with van der Waals surface area (Å²) in [7, 11) is 0. The quantitative estimate of drug-likeness (QED) is 0.00884. The van der Waals surface area contributed by atoms with Crippen molar-refractivity contribution in [3.8, 4) is 0 Å². The predicted octanol–water partition coefficient (Wildman–Crippen LogP) is -2.11. The van der Waals surface area contributed by atoms with Crippen LogP contribution in [-0.2, 0) is 47.8 Å². The van der Waals surface area contributed by atoms with Crippen LogP contribution in [0.3, 0.4) is 0 Å². The molecule has 0 aromatic rings. The molecule has 2 saturated heterocycles. The molecule has 8 amide bonds. The van der Waals surface area contributed by atoms with Gasteiger partial charge in [0.2, 0.25) is 29.5 Å². The molecule has 0 aliphatic carbocycles. The number of carbonyl (C=O) groups is 9. The topological polar surface area (TPSA) is 344 Å². The lowest BCUT2D eigenvalue weighted by Crippen LogP contribution is -3.00. The molecule has 0 spiro atoms. The van der Waals surface area contributed by atoms with E-state index in [0.717, 1.165) is 37.9 Å². The van der Waals surface area contributed by atoms with Crippen LogP contribution in [-0.4, -0.2) is 143 Å². The van der Waals surface area contributed by atoms with E-state index in [9.17, 15) is 43.2 Å². The van der Waals surface area contributed by atoms with E-state index < -0.39 is 89.1 Å². The molecular formula is C50H90ClN11O12S. The van der Waals surface area contributed by atoms with Crippen molar-refractivity contribution in [2.75, 3.05) is 25.4 Å². The summed E-state index contributed by atoms with van der Waals surface area (Å²) in [5.41, 5.74) is 8.35. The van der Waals surface area contributed by atoms with Gasteiger partial charge in [-0.3, -0.25) is 45.2 Å². The van der Waals surface area contributed by atoms with Crippen LogP contribution in [0.4, 0.5) is 9.59 Å². The highest BCUT2D eigenvalue weighted by atomic mass is 35.5. The molecule has 7 atom stereocenters.